The lowest BCUT2D eigenvalue weighted by molar-refractivity contribution is 0.563. The van der Waals surface area contributed by atoms with Gasteiger partial charge in [-0.15, -0.1) is 6.58 Å². The highest BCUT2D eigenvalue weighted by Gasteiger charge is 2.10. The van der Waals surface area contributed by atoms with Gasteiger partial charge in [0.1, 0.15) is 5.65 Å². The first-order valence-corrected chi connectivity index (χ1v) is 7.40. The van der Waals surface area contributed by atoms with Gasteiger partial charge in [-0.05, 0) is 19.3 Å². The molecule has 0 atom stereocenters. The number of nitrogens with zero attached hydrogens (tertiary/aromatic N) is 3. The van der Waals surface area contributed by atoms with E-state index >= 15 is 0 Å². The predicted molar refractivity (Wildman–Crippen MR) is 83.5 cm³/mol. The van der Waals surface area contributed by atoms with Gasteiger partial charge in [0.2, 0.25) is 0 Å². The first-order valence-electron chi connectivity index (χ1n) is 7.40. The van der Waals surface area contributed by atoms with Crippen molar-refractivity contribution in [1.82, 2.24) is 19.1 Å². The molecule has 6 heteroatoms. The Kier molecular flexibility index (Phi) is 5.14. The molecule has 2 rings (SSSR count). The molecule has 0 radical (unpaired) electrons. The van der Waals surface area contributed by atoms with Crippen LogP contribution >= 0.6 is 0 Å². The number of hydrogen-bond acceptors (Lipinski definition) is 3. The monoisotopic (exact) mass is 290 g/mol. The lowest BCUT2D eigenvalue weighted by Crippen LogP contribution is -2.29. The Morgan fingerprint density at radius 3 is 2.71 bits per heavy atom. The first-order chi connectivity index (χ1) is 10.1. The summed E-state index contributed by atoms with van der Waals surface area (Å²) in [4.78, 5) is 29.7. The van der Waals surface area contributed by atoms with E-state index in [9.17, 15) is 9.59 Å². The molecule has 2 aromatic heterocycles. The minimum absolute atomic E-state index is 0.322. The van der Waals surface area contributed by atoms with Crippen molar-refractivity contribution in [2.45, 2.75) is 45.1 Å². The molecule has 0 aliphatic heterocycles. The summed E-state index contributed by atoms with van der Waals surface area (Å²) in [5.74, 6) is 0. The van der Waals surface area contributed by atoms with Gasteiger partial charge in [-0.25, -0.2) is 9.78 Å². The summed E-state index contributed by atoms with van der Waals surface area (Å²) in [5.41, 5.74) is 0.0911. The van der Waals surface area contributed by atoms with E-state index in [1.165, 1.54) is 23.8 Å². The SMILES string of the molecule is C=CCCCCCCCn1cnc2c(=O)[nH]c(=O)n(C)c21. The average Bonchev–Trinajstić information content (AvgIpc) is 2.88. The summed E-state index contributed by atoms with van der Waals surface area (Å²) >= 11 is 0. The number of aryl methyl sites for hydroxylation is 2. The van der Waals surface area contributed by atoms with Crippen LogP contribution in [0, 0.1) is 0 Å². The molecule has 1 N–H and O–H groups in total. The molecule has 21 heavy (non-hydrogen) atoms. The van der Waals surface area contributed by atoms with Crippen LogP contribution in [0.3, 0.4) is 0 Å². The van der Waals surface area contributed by atoms with Crippen molar-refractivity contribution in [2.24, 2.45) is 7.05 Å². The van der Waals surface area contributed by atoms with Crippen molar-refractivity contribution in [3.63, 3.8) is 0 Å². The number of allylic oxidation sites excluding steroid dienone is 1. The third kappa shape index (κ3) is 3.51. The largest absolute Gasteiger partial charge is 0.329 e. The Labute approximate surface area is 123 Å². The molecule has 0 aliphatic carbocycles. The van der Waals surface area contributed by atoms with E-state index in [0.717, 1.165) is 25.8 Å². The van der Waals surface area contributed by atoms with Crippen LogP contribution < -0.4 is 11.2 Å². The van der Waals surface area contributed by atoms with Crippen molar-refractivity contribution in [3.8, 4) is 0 Å². The van der Waals surface area contributed by atoms with Gasteiger partial charge in [0.25, 0.3) is 5.56 Å². The highest BCUT2D eigenvalue weighted by Crippen LogP contribution is 2.10. The Balaban J connectivity index is 1.99. The quantitative estimate of drug-likeness (QED) is 0.596. The summed E-state index contributed by atoms with van der Waals surface area (Å²) < 4.78 is 3.32. The highest BCUT2D eigenvalue weighted by atomic mass is 16.2. The van der Waals surface area contributed by atoms with Gasteiger partial charge in [-0.3, -0.25) is 14.3 Å². The summed E-state index contributed by atoms with van der Waals surface area (Å²) in [5, 5.41) is 0. The summed E-state index contributed by atoms with van der Waals surface area (Å²) in [6, 6.07) is 0. The maximum Gasteiger partial charge on any atom is 0.329 e. The number of fused-ring (bicyclic) bond motifs is 1. The summed E-state index contributed by atoms with van der Waals surface area (Å²) in [6.07, 6.45) is 10.4. The van der Waals surface area contributed by atoms with Crippen LogP contribution in [-0.4, -0.2) is 19.1 Å². The molecule has 0 unspecified atom stereocenters. The predicted octanol–water partition coefficient (Wildman–Crippen LogP) is 1.95. The van der Waals surface area contributed by atoms with Gasteiger partial charge < -0.3 is 4.57 Å². The van der Waals surface area contributed by atoms with Crippen LogP contribution in [0.1, 0.15) is 38.5 Å². The number of unbranched alkanes of at least 4 members (excludes halogenated alkanes) is 5. The van der Waals surface area contributed by atoms with Crippen LogP contribution in [0.25, 0.3) is 11.2 Å². The van der Waals surface area contributed by atoms with Crippen molar-refractivity contribution < 1.29 is 0 Å². The standard InChI is InChI=1S/C15H22N4O2/c1-3-4-5-6-7-8-9-10-19-11-16-12-13(20)17-15(21)18(2)14(12)19/h3,11H,1,4-10H2,2H3,(H,17,20,21). The minimum atomic E-state index is -0.420. The Morgan fingerprint density at radius 2 is 1.95 bits per heavy atom. The normalized spacial score (nSPS) is 11.1. The third-order valence-electron chi connectivity index (χ3n) is 3.68. The van der Waals surface area contributed by atoms with E-state index in [1.807, 2.05) is 10.6 Å². The van der Waals surface area contributed by atoms with Crippen molar-refractivity contribution in [1.29, 1.82) is 0 Å². The average molecular weight is 290 g/mol. The molecule has 2 heterocycles. The molecular formula is C15H22N4O2. The van der Waals surface area contributed by atoms with E-state index in [0.29, 0.717) is 11.2 Å². The van der Waals surface area contributed by atoms with Crippen molar-refractivity contribution in [2.75, 3.05) is 0 Å². The van der Waals surface area contributed by atoms with E-state index in [1.54, 1.807) is 13.4 Å². The molecule has 0 saturated heterocycles. The van der Waals surface area contributed by atoms with Crippen LogP contribution in [0.5, 0.6) is 0 Å². The zero-order chi connectivity index (χ0) is 15.2. The zero-order valence-electron chi connectivity index (χ0n) is 12.5. The van der Waals surface area contributed by atoms with Gasteiger partial charge in [0, 0.05) is 13.6 Å². The lowest BCUT2D eigenvalue weighted by atomic mass is 10.1. The number of imidazole rings is 1. The molecule has 114 valence electrons. The number of nitrogens with one attached hydrogen (secondary N) is 1. The molecule has 0 bridgehead atoms. The Morgan fingerprint density at radius 1 is 1.24 bits per heavy atom. The van der Waals surface area contributed by atoms with Crippen molar-refractivity contribution >= 4 is 11.2 Å². The van der Waals surface area contributed by atoms with E-state index in [2.05, 4.69) is 16.5 Å². The topological polar surface area (TPSA) is 72.7 Å². The number of H-pyrrole nitrogens is 1. The molecular weight excluding hydrogens is 268 g/mol. The maximum absolute atomic E-state index is 11.7. The van der Waals surface area contributed by atoms with Gasteiger partial charge in [-0.2, -0.15) is 0 Å². The lowest BCUT2D eigenvalue weighted by Gasteiger charge is -2.06. The van der Waals surface area contributed by atoms with Gasteiger partial charge in [0.15, 0.2) is 5.52 Å². The van der Waals surface area contributed by atoms with E-state index in [-0.39, 0.29) is 0 Å². The van der Waals surface area contributed by atoms with Gasteiger partial charge >= 0.3 is 5.69 Å². The molecule has 0 spiro atoms. The molecule has 0 amide bonds. The van der Waals surface area contributed by atoms with Gasteiger partial charge in [-0.1, -0.05) is 25.3 Å². The maximum atomic E-state index is 11.7. The second-order valence-corrected chi connectivity index (χ2v) is 5.27. The first kappa shape index (κ1) is 15.3. The van der Waals surface area contributed by atoms with E-state index in [4.69, 9.17) is 0 Å². The van der Waals surface area contributed by atoms with Crippen LogP contribution in [0.4, 0.5) is 0 Å². The molecule has 2 aromatic rings. The van der Waals surface area contributed by atoms with Gasteiger partial charge in [0.05, 0.1) is 6.33 Å². The number of hydrogen-bond donors (Lipinski definition) is 1. The Bertz CT molecular complexity index is 723. The fourth-order valence-corrected chi connectivity index (χ4v) is 2.49. The third-order valence-corrected chi connectivity index (χ3v) is 3.68. The second kappa shape index (κ2) is 7.06. The highest BCUT2D eigenvalue weighted by molar-refractivity contribution is 5.69. The van der Waals surface area contributed by atoms with Crippen molar-refractivity contribution in [3.05, 3.63) is 39.8 Å². The summed E-state index contributed by atoms with van der Waals surface area (Å²) in [7, 11) is 1.65. The number of aromatic amines is 1. The van der Waals surface area contributed by atoms with Crippen LogP contribution in [0.2, 0.25) is 0 Å². The molecule has 0 aromatic carbocycles. The van der Waals surface area contributed by atoms with Crippen LogP contribution in [0.15, 0.2) is 28.6 Å². The molecule has 0 saturated carbocycles. The molecule has 6 nitrogen and oxygen atoms in total. The summed E-state index contributed by atoms with van der Waals surface area (Å²) in [6.45, 7) is 4.49. The number of rotatable bonds is 8. The van der Waals surface area contributed by atoms with E-state index < -0.39 is 11.2 Å². The fraction of sp³-hybridized carbons (Fsp3) is 0.533. The Hall–Kier alpha value is -2.11. The minimum Gasteiger partial charge on any atom is -0.316 e. The zero-order valence-corrected chi connectivity index (χ0v) is 12.5. The molecule has 0 aliphatic rings. The second-order valence-electron chi connectivity index (χ2n) is 5.27. The molecule has 0 fully saturated rings. The smallest absolute Gasteiger partial charge is 0.316 e. The number of aromatic nitrogens is 4. The fourth-order valence-electron chi connectivity index (χ4n) is 2.49. The van der Waals surface area contributed by atoms with Crippen LogP contribution in [-0.2, 0) is 13.6 Å².